The van der Waals surface area contributed by atoms with Crippen LogP contribution < -0.4 is 16.2 Å². The molecule has 1 aromatic carbocycles. The number of fused-ring (bicyclic) bond motifs is 1. The van der Waals surface area contributed by atoms with E-state index in [0.29, 0.717) is 61.3 Å². The molecule has 9 nitrogen and oxygen atoms in total. The Labute approximate surface area is 236 Å². The van der Waals surface area contributed by atoms with Gasteiger partial charge in [-0.2, -0.15) is 18.3 Å². The van der Waals surface area contributed by atoms with Crippen LogP contribution in [0.1, 0.15) is 65.4 Å². The van der Waals surface area contributed by atoms with Crippen LogP contribution in [0.25, 0.3) is 10.9 Å². The lowest BCUT2D eigenvalue weighted by Gasteiger charge is -2.42. The second-order valence-corrected chi connectivity index (χ2v) is 12.0. The van der Waals surface area contributed by atoms with E-state index in [1.54, 1.807) is 29.3 Å². The summed E-state index contributed by atoms with van der Waals surface area (Å²) >= 11 is 0. The number of hydrogen-bond acceptors (Lipinski definition) is 6. The third-order valence-corrected chi connectivity index (χ3v) is 8.34. The number of nitrogens with zero attached hydrogens (tertiary/aromatic N) is 3. The van der Waals surface area contributed by atoms with Crippen molar-refractivity contribution in [3.63, 3.8) is 0 Å². The topological polar surface area (TPSA) is 104 Å². The Balaban J connectivity index is 1.44. The second-order valence-electron chi connectivity index (χ2n) is 12.0. The van der Waals surface area contributed by atoms with E-state index in [0.717, 1.165) is 6.42 Å². The second kappa shape index (κ2) is 10.4. The summed E-state index contributed by atoms with van der Waals surface area (Å²) in [5.41, 5.74) is -2.09. The molecule has 0 bridgehead atoms. The smallest absolute Gasteiger partial charge is 0.410 e. The number of likely N-dealkylation sites (tertiary alicyclic amines) is 1. The number of alkyl halides is 3. The van der Waals surface area contributed by atoms with Crippen LogP contribution in [0.15, 0.2) is 41.3 Å². The summed E-state index contributed by atoms with van der Waals surface area (Å²) in [5.74, 6) is 0.321. The maximum Gasteiger partial charge on any atom is 0.410 e. The Hall–Kier alpha value is -3.54. The number of ether oxygens (including phenoxy) is 1. The van der Waals surface area contributed by atoms with Crippen LogP contribution in [-0.2, 0) is 15.8 Å². The number of piperidine rings is 1. The van der Waals surface area contributed by atoms with E-state index in [-0.39, 0.29) is 23.6 Å². The van der Waals surface area contributed by atoms with Gasteiger partial charge in [0, 0.05) is 25.0 Å². The minimum atomic E-state index is -4.42. The summed E-state index contributed by atoms with van der Waals surface area (Å²) in [6.07, 6.45) is -0.812. The number of pyridine rings is 1. The van der Waals surface area contributed by atoms with Crippen molar-refractivity contribution < 1.29 is 22.7 Å². The van der Waals surface area contributed by atoms with Crippen molar-refractivity contribution in [1.82, 2.24) is 25.0 Å². The zero-order valence-corrected chi connectivity index (χ0v) is 23.8. The molecule has 222 valence electrons. The van der Waals surface area contributed by atoms with Gasteiger partial charge in [0.2, 0.25) is 0 Å². The van der Waals surface area contributed by atoms with Gasteiger partial charge in [0.05, 0.1) is 11.1 Å². The Morgan fingerprint density at radius 3 is 2.34 bits per heavy atom. The third kappa shape index (κ3) is 5.29. The molecule has 2 aliphatic heterocycles. The molecule has 2 fully saturated rings. The van der Waals surface area contributed by atoms with E-state index in [1.165, 1.54) is 12.1 Å². The fourth-order valence-electron chi connectivity index (χ4n) is 6.04. The van der Waals surface area contributed by atoms with Gasteiger partial charge in [-0.25, -0.2) is 4.79 Å². The van der Waals surface area contributed by atoms with Crippen LogP contribution in [0.3, 0.4) is 0 Å². The number of H-pyrrole nitrogens is 1. The van der Waals surface area contributed by atoms with Crippen molar-refractivity contribution in [3.05, 3.63) is 52.4 Å². The maximum absolute atomic E-state index is 14.0. The van der Waals surface area contributed by atoms with Crippen molar-refractivity contribution in [1.29, 1.82) is 0 Å². The number of aromatic nitrogens is 3. The summed E-state index contributed by atoms with van der Waals surface area (Å²) in [6.45, 7) is 8.82. The van der Waals surface area contributed by atoms with Crippen LogP contribution in [0, 0.1) is 0 Å². The SMILES string of the molecule is CCC1(n2nc(Nc3ccc([C@@]4(C(F)(F)F)CCCN4)cc3)c3c(=O)[nH]ccc32)CCN(C(=O)OC(C)(C)C)CC1. The number of anilines is 2. The highest BCUT2D eigenvalue weighted by Gasteiger charge is 2.57. The largest absolute Gasteiger partial charge is 0.444 e. The molecule has 3 N–H and O–H groups in total. The van der Waals surface area contributed by atoms with E-state index in [4.69, 9.17) is 9.84 Å². The molecule has 2 aliphatic rings. The van der Waals surface area contributed by atoms with Crippen LogP contribution in [0.2, 0.25) is 0 Å². The molecule has 1 atom stereocenters. The molecule has 0 spiro atoms. The highest BCUT2D eigenvalue weighted by Crippen LogP contribution is 2.45. The number of hydrogen-bond donors (Lipinski definition) is 3. The number of amides is 1. The monoisotopic (exact) mass is 574 g/mol. The van der Waals surface area contributed by atoms with E-state index in [1.807, 2.05) is 25.5 Å². The Bertz CT molecular complexity index is 1460. The normalized spacial score (nSPS) is 21.3. The number of halogens is 3. The number of benzene rings is 1. The van der Waals surface area contributed by atoms with E-state index in [2.05, 4.69) is 22.5 Å². The summed E-state index contributed by atoms with van der Waals surface area (Å²) in [5, 5.41) is 11.0. The summed E-state index contributed by atoms with van der Waals surface area (Å²) in [7, 11) is 0. The zero-order chi connectivity index (χ0) is 29.6. The Morgan fingerprint density at radius 1 is 1.10 bits per heavy atom. The zero-order valence-electron chi connectivity index (χ0n) is 23.8. The number of carbonyl (C=O) groups excluding carboxylic acids is 1. The standard InChI is InChI=1S/C29H37F3N6O3/c1-5-27(13-17-37(18-14-27)25(40)41-26(2,3)4)38-21-11-16-33-24(39)22(21)23(36-38)35-20-9-7-19(8-10-20)28(29(30,31)32)12-6-15-34-28/h7-11,16,34H,5-6,12-15,17-18H2,1-4H3,(H,33,39)(H,35,36)/t28-/m1/s1. The number of aromatic amines is 1. The van der Waals surface area contributed by atoms with E-state index < -0.39 is 22.9 Å². The van der Waals surface area contributed by atoms with Gasteiger partial charge in [-0.05, 0) is 83.2 Å². The van der Waals surface area contributed by atoms with Gasteiger partial charge in [0.25, 0.3) is 5.56 Å². The van der Waals surface area contributed by atoms with Crippen molar-refractivity contribution in [2.75, 3.05) is 25.0 Å². The highest BCUT2D eigenvalue weighted by atomic mass is 19.4. The molecule has 2 saturated heterocycles. The molecular formula is C29H37F3N6O3. The lowest BCUT2D eigenvalue weighted by molar-refractivity contribution is -0.196. The van der Waals surface area contributed by atoms with Crippen LogP contribution >= 0.6 is 0 Å². The number of carbonyl (C=O) groups is 1. The first-order chi connectivity index (χ1) is 19.3. The molecule has 1 amide bonds. The van der Waals surface area contributed by atoms with Crippen molar-refractivity contribution in [2.45, 2.75) is 82.7 Å². The van der Waals surface area contributed by atoms with Gasteiger partial charge >= 0.3 is 12.3 Å². The van der Waals surface area contributed by atoms with Crippen molar-refractivity contribution >= 4 is 28.5 Å². The predicted molar refractivity (Wildman–Crippen MR) is 150 cm³/mol. The third-order valence-electron chi connectivity index (χ3n) is 8.34. The lowest BCUT2D eigenvalue weighted by Crippen LogP contribution is -2.49. The highest BCUT2D eigenvalue weighted by molar-refractivity contribution is 5.91. The van der Waals surface area contributed by atoms with Gasteiger partial charge < -0.3 is 19.9 Å². The molecule has 0 unspecified atom stereocenters. The van der Waals surface area contributed by atoms with Crippen LogP contribution in [-0.4, -0.2) is 57.2 Å². The first kappa shape index (κ1) is 29.0. The van der Waals surface area contributed by atoms with Gasteiger partial charge in [0.1, 0.15) is 16.5 Å². The summed E-state index contributed by atoms with van der Waals surface area (Å²) < 4.78 is 49.4. The minimum absolute atomic E-state index is 0.0157. The first-order valence-corrected chi connectivity index (χ1v) is 14.1. The Kier molecular flexibility index (Phi) is 7.33. The number of rotatable bonds is 5. The summed E-state index contributed by atoms with van der Waals surface area (Å²) in [4.78, 5) is 30.0. The minimum Gasteiger partial charge on any atom is -0.444 e. The molecule has 2 aromatic heterocycles. The molecular weight excluding hydrogens is 537 g/mol. The first-order valence-electron chi connectivity index (χ1n) is 14.1. The van der Waals surface area contributed by atoms with Crippen molar-refractivity contribution in [3.8, 4) is 0 Å². The van der Waals surface area contributed by atoms with Gasteiger partial charge in [-0.3, -0.25) is 14.8 Å². The molecule has 0 aliphatic carbocycles. The molecule has 3 aromatic rings. The van der Waals surface area contributed by atoms with Gasteiger partial charge in [0.15, 0.2) is 5.82 Å². The number of nitrogens with one attached hydrogen (secondary N) is 3. The van der Waals surface area contributed by atoms with Gasteiger partial charge in [-0.15, -0.1) is 0 Å². The Morgan fingerprint density at radius 2 is 1.78 bits per heavy atom. The molecule has 0 radical (unpaired) electrons. The molecule has 41 heavy (non-hydrogen) atoms. The fourth-order valence-corrected chi connectivity index (χ4v) is 6.04. The van der Waals surface area contributed by atoms with E-state index in [9.17, 15) is 22.8 Å². The van der Waals surface area contributed by atoms with Gasteiger partial charge in [-0.1, -0.05) is 19.1 Å². The average Bonchev–Trinajstić information content (AvgIpc) is 3.56. The average molecular weight is 575 g/mol. The van der Waals surface area contributed by atoms with Crippen LogP contribution in [0.4, 0.5) is 29.5 Å². The van der Waals surface area contributed by atoms with Crippen LogP contribution in [0.5, 0.6) is 0 Å². The quantitative estimate of drug-likeness (QED) is 0.359. The van der Waals surface area contributed by atoms with Crippen molar-refractivity contribution in [2.24, 2.45) is 0 Å². The molecule has 5 rings (SSSR count). The molecule has 12 heteroatoms. The summed E-state index contributed by atoms with van der Waals surface area (Å²) in [6, 6.07) is 7.91. The lowest BCUT2D eigenvalue weighted by atomic mass is 9.85. The maximum atomic E-state index is 14.0. The molecule has 4 heterocycles. The fraction of sp³-hybridized carbons (Fsp3) is 0.552. The predicted octanol–water partition coefficient (Wildman–Crippen LogP) is 5.75. The van der Waals surface area contributed by atoms with E-state index >= 15 is 0 Å². The molecule has 0 saturated carbocycles.